The maximum Gasteiger partial charge on any atom is 0.225 e. The number of aldehydes is 1. The molecule has 1 aromatic rings. The highest BCUT2D eigenvalue weighted by Crippen LogP contribution is 2.07. The third kappa shape index (κ3) is 3.50. The van der Waals surface area contributed by atoms with Gasteiger partial charge in [0.25, 0.3) is 0 Å². The van der Waals surface area contributed by atoms with Crippen LogP contribution in [0, 0.1) is 5.92 Å². The highest BCUT2D eigenvalue weighted by molar-refractivity contribution is 5.80. The second kappa shape index (κ2) is 6.05. The molecule has 0 unspecified atom stereocenters. The lowest BCUT2D eigenvalue weighted by Gasteiger charge is -2.22. The van der Waals surface area contributed by atoms with Gasteiger partial charge in [0.2, 0.25) is 5.91 Å². The number of hydrogen-bond donors (Lipinski definition) is 0. The zero-order chi connectivity index (χ0) is 12.0. The summed E-state index contributed by atoms with van der Waals surface area (Å²) in [5.74, 6) is -0.0698. The van der Waals surface area contributed by atoms with Gasteiger partial charge in [-0.05, 0) is 5.56 Å². The Morgan fingerprint density at radius 1 is 1.31 bits per heavy atom. The Morgan fingerprint density at radius 2 is 1.94 bits per heavy atom. The fraction of sp³-hybridized carbons (Fsp3) is 0.385. The minimum absolute atomic E-state index is 0.0101. The fourth-order valence-corrected chi connectivity index (χ4v) is 1.49. The van der Waals surface area contributed by atoms with Crippen LogP contribution >= 0.6 is 0 Å². The average molecular weight is 219 g/mol. The maximum atomic E-state index is 11.8. The fourth-order valence-electron chi connectivity index (χ4n) is 1.49. The van der Waals surface area contributed by atoms with Gasteiger partial charge in [0.15, 0.2) is 0 Å². The summed E-state index contributed by atoms with van der Waals surface area (Å²) >= 11 is 0. The number of nitrogens with zero attached hydrogens (tertiary/aromatic N) is 1. The lowest BCUT2D eigenvalue weighted by atomic mass is 10.1. The van der Waals surface area contributed by atoms with E-state index in [1.165, 1.54) is 0 Å². The first kappa shape index (κ1) is 12.4. The summed E-state index contributed by atoms with van der Waals surface area (Å²) in [6.45, 7) is 4.33. The molecule has 0 bridgehead atoms. The summed E-state index contributed by atoms with van der Waals surface area (Å²) in [4.78, 5) is 23.9. The van der Waals surface area contributed by atoms with Crippen LogP contribution in [-0.2, 0) is 16.1 Å². The quantitative estimate of drug-likeness (QED) is 0.709. The summed E-state index contributed by atoms with van der Waals surface area (Å²) in [6.07, 6.45) is 0.767. The lowest BCUT2D eigenvalue weighted by molar-refractivity contribution is -0.136. The molecule has 0 aliphatic heterocycles. The molecule has 0 spiro atoms. The molecule has 86 valence electrons. The van der Waals surface area contributed by atoms with Crippen LogP contribution in [0.4, 0.5) is 0 Å². The molecule has 1 rings (SSSR count). The van der Waals surface area contributed by atoms with Gasteiger partial charge in [-0.3, -0.25) is 4.79 Å². The maximum absolute atomic E-state index is 11.8. The molecule has 0 radical (unpaired) electrons. The van der Waals surface area contributed by atoms with E-state index in [9.17, 15) is 9.59 Å². The first-order valence-corrected chi connectivity index (χ1v) is 5.41. The number of carbonyl (C=O) groups is 2. The molecular weight excluding hydrogens is 202 g/mol. The van der Waals surface area contributed by atoms with Gasteiger partial charge in [-0.2, -0.15) is 0 Å². The molecule has 0 fully saturated rings. The zero-order valence-corrected chi connectivity index (χ0v) is 9.72. The van der Waals surface area contributed by atoms with Gasteiger partial charge >= 0.3 is 0 Å². The van der Waals surface area contributed by atoms with Crippen LogP contribution in [0.25, 0.3) is 0 Å². The van der Waals surface area contributed by atoms with Gasteiger partial charge in [0.1, 0.15) is 6.29 Å². The highest BCUT2D eigenvalue weighted by Gasteiger charge is 2.16. The Kier molecular flexibility index (Phi) is 4.70. The zero-order valence-electron chi connectivity index (χ0n) is 9.72. The Balaban J connectivity index is 2.72. The summed E-state index contributed by atoms with van der Waals surface area (Å²) in [6, 6.07) is 9.68. The standard InChI is InChI=1S/C13H17NO2/c1-11(2)13(16)14(8-9-15)10-12-6-4-3-5-7-12/h3-7,9,11H,8,10H2,1-2H3. The second-order valence-electron chi connectivity index (χ2n) is 4.03. The number of carbonyl (C=O) groups excluding carboxylic acids is 2. The van der Waals surface area contributed by atoms with Crippen LogP contribution in [0.15, 0.2) is 30.3 Å². The van der Waals surface area contributed by atoms with E-state index >= 15 is 0 Å². The summed E-state index contributed by atoms with van der Waals surface area (Å²) in [5.41, 5.74) is 1.04. The molecule has 0 saturated heterocycles. The van der Waals surface area contributed by atoms with Crippen molar-refractivity contribution >= 4 is 12.2 Å². The van der Waals surface area contributed by atoms with Crippen molar-refractivity contribution in [2.45, 2.75) is 20.4 Å². The molecule has 0 N–H and O–H groups in total. The topological polar surface area (TPSA) is 37.4 Å². The van der Waals surface area contributed by atoms with Crippen LogP contribution in [0.2, 0.25) is 0 Å². The van der Waals surface area contributed by atoms with E-state index in [-0.39, 0.29) is 18.4 Å². The van der Waals surface area contributed by atoms with Crippen LogP contribution in [0.3, 0.4) is 0 Å². The normalized spacial score (nSPS) is 10.2. The average Bonchev–Trinajstić information content (AvgIpc) is 2.29. The number of rotatable bonds is 5. The lowest BCUT2D eigenvalue weighted by Crippen LogP contribution is -2.35. The van der Waals surface area contributed by atoms with Gasteiger partial charge in [0, 0.05) is 12.5 Å². The van der Waals surface area contributed by atoms with Crippen molar-refractivity contribution in [3.05, 3.63) is 35.9 Å². The van der Waals surface area contributed by atoms with Crippen molar-refractivity contribution in [3.8, 4) is 0 Å². The van der Waals surface area contributed by atoms with E-state index in [1.54, 1.807) is 4.90 Å². The van der Waals surface area contributed by atoms with Crippen molar-refractivity contribution in [3.63, 3.8) is 0 Å². The van der Waals surface area contributed by atoms with E-state index in [4.69, 9.17) is 0 Å². The molecule has 1 amide bonds. The number of amides is 1. The van der Waals surface area contributed by atoms with Gasteiger partial charge in [-0.15, -0.1) is 0 Å². The predicted octanol–water partition coefficient (Wildman–Crippen LogP) is 1.87. The first-order chi connectivity index (χ1) is 7.65. The third-order valence-corrected chi connectivity index (χ3v) is 2.32. The van der Waals surface area contributed by atoms with E-state index in [0.717, 1.165) is 11.8 Å². The van der Waals surface area contributed by atoms with Crippen molar-refractivity contribution < 1.29 is 9.59 Å². The molecular formula is C13H17NO2. The highest BCUT2D eigenvalue weighted by atomic mass is 16.2. The molecule has 0 atom stereocenters. The smallest absolute Gasteiger partial charge is 0.225 e. The van der Waals surface area contributed by atoms with Gasteiger partial charge in [-0.25, -0.2) is 0 Å². The Bertz CT molecular complexity index is 346. The minimum Gasteiger partial charge on any atom is -0.331 e. The molecule has 16 heavy (non-hydrogen) atoms. The van der Waals surface area contributed by atoms with E-state index in [2.05, 4.69) is 0 Å². The van der Waals surface area contributed by atoms with Crippen molar-refractivity contribution in [1.82, 2.24) is 4.90 Å². The third-order valence-electron chi connectivity index (χ3n) is 2.32. The molecule has 0 aliphatic rings. The summed E-state index contributed by atoms with van der Waals surface area (Å²) in [5, 5.41) is 0. The SMILES string of the molecule is CC(C)C(=O)N(CC=O)Cc1ccccc1. The van der Waals surface area contributed by atoms with Crippen molar-refractivity contribution in [1.29, 1.82) is 0 Å². The first-order valence-electron chi connectivity index (χ1n) is 5.41. The predicted molar refractivity (Wildman–Crippen MR) is 62.8 cm³/mol. The molecule has 3 heteroatoms. The van der Waals surface area contributed by atoms with E-state index < -0.39 is 0 Å². The van der Waals surface area contributed by atoms with Crippen LogP contribution in [0.1, 0.15) is 19.4 Å². The van der Waals surface area contributed by atoms with E-state index in [1.807, 2.05) is 44.2 Å². The molecule has 1 aromatic carbocycles. The molecule has 0 saturated carbocycles. The van der Waals surface area contributed by atoms with Crippen LogP contribution in [0.5, 0.6) is 0 Å². The van der Waals surface area contributed by atoms with Gasteiger partial charge in [0.05, 0.1) is 6.54 Å². The summed E-state index contributed by atoms with van der Waals surface area (Å²) in [7, 11) is 0. The van der Waals surface area contributed by atoms with Gasteiger partial charge < -0.3 is 9.69 Å². The Labute approximate surface area is 96.1 Å². The largest absolute Gasteiger partial charge is 0.331 e. The monoisotopic (exact) mass is 219 g/mol. The number of benzene rings is 1. The van der Waals surface area contributed by atoms with Crippen molar-refractivity contribution in [2.75, 3.05) is 6.54 Å². The second-order valence-corrected chi connectivity index (χ2v) is 4.03. The summed E-state index contributed by atoms with van der Waals surface area (Å²) < 4.78 is 0. The molecule has 0 aliphatic carbocycles. The minimum atomic E-state index is -0.0799. The Morgan fingerprint density at radius 3 is 2.44 bits per heavy atom. The Hall–Kier alpha value is -1.64. The molecule has 0 heterocycles. The van der Waals surface area contributed by atoms with Crippen LogP contribution in [-0.4, -0.2) is 23.6 Å². The molecule has 3 nitrogen and oxygen atoms in total. The van der Waals surface area contributed by atoms with Crippen LogP contribution < -0.4 is 0 Å². The molecule has 0 aromatic heterocycles. The number of hydrogen-bond acceptors (Lipinski definition) is 2. The van der Waals surface area contributed by atoms with Crippen molar-refractivity contribution in [2.24, 2.45) is 5.92 Å². The van der Waals surface area contributed by atoms with Gasteiger partial charge in [-0.1, -0.05) is 44.2 Å². The van der Waals surface area contributed by atoms with E-state index in [0.29, 0.717) is 6.54 Å².